The maximum atomic E-state index is 13.5. The van der Waals surface area contributed by atoms with Crippen molar-refractivity contribution >= 4 is 23.5 Å². The third-order valence-electron chi connectivity index (χ3n) is 5.96. The minimum Gasteiger partial charge on any atom is -0.473 e. The van der Waals surface area contributed by atoms with Crippen molar-refractivity contribution in [2.24, 2.45) is 0 Å². The van der Waals surface area contributed by atoms with E-state index in [1.165, 1.54) is 0 Å². The van der Waals surface area contributed by atoms with Gasteiger partial charge >= 0.3 is 11.9 Å². The third kappa shape index (κ3) is 7.45. The van der Waals surface area contributed by atoms with Crippen molar-refractivity contribution in [3.63, 3.8) is 0 Å². The minimum absolute atomic E-state index is 0.0998. The number of nitrogens with zero attached hydrogens (tertiary/aromatic N) is 3. The maximum absolute atomic E-state index is 13.5. The quantitative estimate of drug-likeness (QED) is 0.296. The van der Waals surface area contributed by atoms with Gasteiger partial charge in [0.1, 0.15) is 0 Å². The average molecular weight is 506 g/mol. The van der Waals surface area contributed by atoms with E-state index in [0.29, 0.717) is 38.3 Å². The molecule has 3 aromatic carbocycles. The second kappa shape index (κ2) is 12.9. The predicted molar refractivity (Wildman–Crippen MR) is 135 cm³/mol. The molecule has 1 aliphatic heterocycles. The number of hydrogen-bond acceptors (Lipinski definition) is 6. The van der Waals surface area contributed by atoms with Gasteiger partial charge < -0.3 is 15.1 Å². The molecule has 0 bridgehead atoms. The zero-order valence-corrected chi connectivity index (χ0v) is 20.0. The molecule has 0 spiro atoms. The van der Waals surface area contributed by atoms with Gasteiger partial charge in [-0.2, -0.15) is 0 Å². The Balaban J connectivity index is 0.000000568. The Hall–Kier alpha value is -4.57. The van der Waals surface area contributed by atoms with Crippen molar-refractivity contribution in [2.45, 2.75) is 12.5 Å². The van der Waals surface area contributed by atoms with Crippen molar-refractivity contribution in [3.05, 3.63) is 112 Å². The first-order valence-corrected chi connectivity index (χ1v) is 11.6. The summed E-state index contributed by atoms with van der Waals surface area (Å²) in [4.78, 5) is 46.8. The van der Waals surface area contributed by atoms with Gasteiger partial charge in [0.05, 0.1) is 10.8 Å². The lowest BCUT2D eigenvalue weighted by molar-refractivity contribution is -0.385. The van der Waals surface area contributed by atoms with E-state index in [-0.39, 0.29) is 22.4 Å². The molecule has 4 rings (SSSR count). The van der Waals surface area contributed by atoms with Gasteiger partial charge in [0, 0.05) is 44.4 Å². The van der Waals surface area contributed by atoms with Crippen LogP contribution in [0.2, 0.25) is 0 Å². The molecule has 37 heavy (non-hydrogen) atoms. The molecule has 1 aliphatic rings. The summed E-state index contributed by atoms with van der Waals surface area (Å²) in [5.41, 5.74) is 2.83. The Morgan fingerprint density at radius 1 is 0.757 bits per heavy atom. The lowest BCUT2D eigenvalue weighted by Crippen LogP contribution is -2.49. The van der Waals surface area contributed by atoms with E-state index in [1.807, 2.05) is 71.6 Å². The monoisotopic (exact) mass is 505 g/mol. The third-order valence-corrected chi connectivity index (χ3v) is 5.96. The van der Waals surface area contributed by atoms with Crippen molar-refractivity contribution in [2.75, 3.05) is 26.2 Å². The molecule has 3 aromatic rings. The van der Waals surface area contributed by atoms with Gasteiger partial charge in [0.2, 0.25) is 5.91 Å². The highest BCUT2D eigenvalue weighted by molar-refractivity contribution is 6.27. The minimum atomic E-state index is -1.82. The van der Waals surface area contributed by atoms with E-state index in [0.717, 1.165) is 11.1 Å². The van der Waals surface area contributed by atoms with Gasteiger partial charge in [-0.25, -0.2) is 9.59 Å². The molecule has 192 valence electrons. The largest absolute Gasteiger partial charge is 0.473 e. The van der Waals surface area contributed by atoms with Crippen LogP contribution in [0.3, 0.4) is 0 Å². The number of carboxylic acids is 2. The predicted octanol–water partition coefficient (Wildman–Crippen LogP) is 3.23. The molecular weight excluding hydrogens is 478 g/mol. The second-order valence-corrected chi connectivity index (χ2v) is 8.35. The van der Waals surface area contributed by atoms with E-state index in [1.54, 1.807) is 18.2 Å². The number of nitro groups is 1. The van der Waals surface area contributed by atoms with Gasteiger partial charge in [-0.15, -0.1) is 0 Å². The van der Waals surface area contributed by atoms with Crippen LogP contribution in [0, 0.1) is 10.1 Å². The molecule has 0 aromatic heterocycles. The summed E-state index contributed by atoms with van der Waals surface area (Å²) >= 11 is 0. The molecule has 10 nitrogen and oxygen atoms in total. The topological polar surface area (TPSA) is 141 Å². The van der Waals surface area contributed by atoms with Crippen molar-refractivity contribution in [1.29, 1.82) is 0 Å². The summed E-state index contributed by atoms with van der Waals surface area (Å²) in [5.74, 6) is -3.88. The summed E-state index contributed by atoms with van der Waals surface area (Å²) in [6.45, 7) is 3.10. The zero-order chi connectivity index (χ0) is 26.8. The summed E-state index contributed by atoms with van der Waals surface area (Å²) < 4.78 is 0. The highest BCUT2D eigenvalue weighted by Gasteiger charge is 2.30. The number of rotatable bonds is 6. The number of amides is 1. The first kappa shape index (κ1) is 27.0. The summed E-state index contributed by atoms with van der Waals surface area (Å²) in [6, 6.07) is 26.6. The summed E-state index contributed by atoms with van der Waals surface area (Å²) in [6.07, 6.45) is 0. The van der Waals surface area contributed by atoms with Crippen molar-refractivity contribution in [3.8, 4) is 0 Å². The van der Waals surface area contributed by atoms with Crippen LogP contribution in [-0.2, 0) is 20.9 Å². The maximum Gasteiger partial charge on any atom is 0.414 e. The van der Waals surface area contributed by atoms with Crippen LogP contribution >= 0.6 is 0 Å². The smallest absolute Gasteiger partial charge is 0.414 e. The van der Waals surface area contributed by atoms with E-state index >= 15 is 0 Å². The number of hydrogen-bond donors (Lipinski definition) is 2. The average Bonchev–Trinajstić information content (AvgIpc) is 2.91. The Kier molecular flexibility index (Phi) is 9.45. The van der Waals surface area contributed by atoms with E-state index in [9.17, 15) is 14.9 Å². The highest BCUT2D eigenvalue weighted by atomic mass is 16.6. The summed E-state index contributed by atoms with van der Waals surface area (Å²) in [7, 11) is 0. The Labute approximate surface area is 213 Å². The van der Waals surface area contributed by atoms with Crippen LogP contribution in [0.5, 0.6) is 0 Å². The van der Waals surface area contributed by atoms with Crippen LogP contribution in [0.15, 0.2) is 84.9 Å². The van der Waals surface area contributed by atoms with E-state index in [4.69, 9.17) is 19.8 Å². The molecule has 0 aliphatic carbocycles. The van der Waals surface area contributed by atoms with Crippen LogP contribution < -0.4 is 0 Å². The van der Waals surface area contributed by atoms with Gasteiger partial charge in [0.15, 0.2) is 0 Å². The number of carboxylic acid groups (broad SMARTS) is 2. The Morgan fingerprint density at radius 3 is 1.68 bits per heavy atom. The molecule has 1 saturated heterocycles. The molecule has 0 unspecified atom stereocenters. The molecule has 0 saturated carbocycles. The van der Waals surface area contributed by atoms with E-state index < -0.39 is 11.9 Å². The summed E-state index contributed by atoms with van der Waals surface area (Å²) in [5, 5.41) is 26.1. The number of benzene rings is 3. The Bertz CT molecular complexity index is 1180. The highest BCUT2D eigenvalue weighted by Crippen LogP contribution is 2.28. The number of aliphatic carboxylic acids is 2. The number of piperazine rings is 1. The zero-order valence-electron chi connectivity index (χ0n) is 20.0. The number of carbonyl (C=O) groups is 3. The number of para-hydroxylation sites is 1. The molecule has 10 heteroatoms. The lowest BCUT2D eigenvalue weighted by atomic mass is 9.90. The first-order chi connectivity index (χ1) is 17.8. The molecular formula is C27H27N3O7. The van der Waals surface area contributed by atoms with Gasteiger partial charge in [0.25, 0.3) is 5.69 Å². The molecule has 1 heterocycles. The molecule has 2 N–H and O–H groups in total. The van der Waals surface area contributed by atoms with Crippen LogP contribution in [0.4, 0.5) is 5.69 Å². The fraction of sp³-hybridized carbons (Fsp3) is 0.222. The van der Waals surface area contributed by atoms with Gasteiger partial charge in [-0.3, -0.25) is 19.8 Å². The van der Waals surface area contributed by atoms with E-state index in [2.05, 4.69) is 4.90 Å². The second-order valence-electron chi connectivity index (χ2n) is 8.35. The SMILES string of the molecule is O=C(C(c1ccccc1)c1ccccc1)N1CCN(Cc2ccccc2[N+](=O)[O-])CC1.O=C(O)C(=O)O. The molecule has 1 amide bonds. The first-order valence-electron chi connectivity index (χ1n) is 11.6. The van der Waals surface area contributed by atoms with Gasteiger partial charge in [-0.05, 0) is 11.1 Å². The number of nitro benzene ring substituents is 1. The molecule has 1 fully saturated rings. The van der Waals surface area contributed by atoms with Crippen LogP contribution in [-0.4, -0.2) is 69.0 Å². The molecule has 0 radical (unpaired) electrons. The van der Waals surface area contributed by atoms with Crippen molar-refractivity contribution in [1.82, 2.24) is 9.80 Å². The fourth-order valence-electron chi connectivity index (χ4n) is 4.14. The fourth-order valence-corrected chi connectivity index (χ4v) is 4.14. The van der Waals surface area contributed by atoms with Crippen LogP contribution in [0.25, 0.3) is 0 Å². The Morgan fingerprint density at radius 2 is 1.22 bits per heavy atom. The van der Waals surface area contributed by atoms with Gasteiger partial charge in [-0.1, -0.05) is 78.9 Å². The molecule has 0 atom stereocenters. The normalized spacial score (nSPS) is 13.4. The van der Waals surface area contributed by atoms with Crippen molar-refractivity contribution < 1.29 is 29.5 Å². The standard InChI is InChI=1S/C25H25N3O3.C2H2O4/c29-25(24(20-9-3-1-4-10-20)21-11-5-2-6-12-21)27-17-15-26(16-18-27)19-22-13-7-8-14-23(22)28(30)31;3-1(4)2(5)6/h1-14,24H,15-19H2;(H,3,4)(H,5,6). The number of carbonyl (C=O) groups excluding carboxylic acids is 1. The van der Waals surface area contributed by atoms with Crippen LogP contribution in [0.1, 0.15) is 22.6 Å². The lowest BCUT2D eigenvalue weighted by Gasteiger charge is -2.36.